The van der Waals surface area contributed by atoms with E-state index in [9.17, 15) is 9.59 Å². The maximum Gasteiger partial charge on any atom is 0.303 e. The summed E-state index contributed by atoms with van der Waals surface area (Å²) in [5.74, 6) is -0.418. The summed E-state index contributed by atoms with van der Waals surface area (Å²) < 4.78 is 0. The zero-order valence-electron chi connectivity index (χ0n) is 8.92. The number of carboxylic acid groups (broad SMARTS) is 1. The van der Waals surface area contributed by atoms with E-state index in [0.29, 0.717) is 0 Å². The summed E-state index contributed by atoms with van der Waals surface area (Å²) in [6.45, 7) is 3.89. The van der Waals surface area contributed by atoms with Gasteiger partial charge in [0, 0.05) is 5.41 Å². The third kappa shape index (κ3) is 1.17. The Balaban J connectivity index is 2.42. The number of aliphatic carboxylic acids is 1. The summed E-state index contributed by atoms with van der Waals surface area (Å²) in [6, 6.07) is 0. The van der Waals surface area contributed by atoms with Crippen LogP contribution in [0.4, 0.5) is 0 Å². The molecule has 2 aliphatic carbocycles. The number of alkyl halides is 1. The van der Waals surface area contributed by atoms with Crippen molar-refractivity contribution in [3.05, 3.63) is 0 Å². The van der Waals surface area contributed by atoms with Crippen LogP contribution in [-0.4, -0.2) is 21.7 Å². The van der Waals surface area contributed by atoms with Gasteiger partial charge in [-0.25, -0.2) is 0 Å². The minimum absolute atomic E-state index is 0.0992. The zero-order valence-corrected chi connectivity index (χ0v) is 10.5. The van der Waals surface area contributed by atoms with E-state index in [-0.39, 0.29) is 28.4 Å². The average molecular weight is 275 g/mol. The van der Waals surface area contributed by atoms with Crippen molar-refractivity contribution >= 4 is 27.7 Å². The maximum absolute atomic E-state index is 12.0. The molecular weight excluding hydrogens is 260 g/mol. The van der Waals surface area contributed by atoms with Crippen LogP contribution in [0.2, 0.25) is 0 Å². The number of halogens is 1. The summed E-state index contributed by atoms with van der Waals surface area (Å²) in [5, 5.41) is 8.96. The average Bonchev–Trinajstić information content (AvgIpc) is 2.42. The number of rotatable bonds is 2. The molecule has 3 nitrogen and oxygen atoms in total. The fraction of sp³-hybridized carbons (Fsp3) is 0.818. The highest BCUT2D eigenvalue weighted by molar-refractivity contribution is 9.10. The van der Waals surface area contributed by atoms with Crippen molar-refractivity contribution in [1.29, 1.82) is 0 Å². The van der Waals surface area contributed by atoms with E-state index in [1.54, 1.807) is 0 Å². The van der Waals surface area contributed by atoms with Crippen molar-refractivity contribution in [1.82, 2.24) is 0 Å². The van der Waals surface area contributed by atoms with Crippen LogP contribution in [0.1, 0.15) is 33.1 Å². The topological polar surface area (TPSA) is 54.4 Å². The summed E-state index contributed by atoms with van der Waals surface area (Å²) in [6.07, 6.45) is 1.90. The van der Waals surface area contributed by atoms with Crippen molar-refractivity contribution < 1.29 is 14.7 Å². The van der Waals surface area contributed by atoms with Crippen LogP contribution in [0, 0.1) is 16.7 Å². The molecule has 84 valence electrons. The zero-order chi connectivity index (χ0) is 11.4. The van der Waals surface area contributed by atoms with Crippen molar-refractivity contribution in [2.75, 3.05) is 0 Å². The fourth-order valence-electron chi connectivity index (χ4n) is 3.46. The molecule has 0 spiro atoms. The first-order valence-electron chi connectivity index (χ1n) is 5.23. The molecule has 2 fully saturated rings. The third-order valence-electron chi connectivity index (χ3n) is 4.70. The second-order valence-corrected chi connectivity index (χ2v) is 6.22. The lowest BCUT2D eigenvalue weighted by molar-refractivity contribution is -0.142. The lowest BCUT2D eigenvalue weighted by atomic mass is 9.67. The van der Waals surface area contributed by atoms with Crippen LogP contribution in [-0.2, 0) is 9.59 Å². The maximum atomic E-state index is 12.0. The molecule has 0 amide bonds. The van der Waals surface area contributed by atoms with E-state index in [1.165, 1.54) is 0 Å². The van der Waals surface area contributed by atoms with Gasteiger partial charge in [-0.1, -0.05) is 29.8 Å². The van der Waals surface area contributed by atoms with Crippen LogP contribution >= 0.6 is 15.9 Å². The number of Topliss-reactive ketones (excluding diaryl/α,β-unsaturated/α-hetero) is 1. The predicted octanol–water partition coefficient (Wildman–Crippen LogP) is 2.23. The number of carboxylic acids is 1. The fourth-order valence-corrected chi connectivity index (χ4v) is 4.81. The minimum atomic E-state index is -0.801. The lowest BCUT2D eigenvalue weighted by Crippen LogP contribution is -2.37. The lowest BCUT2D eigenvalue weighted by Gasteiger charge is -2.34. The monoisotopic (exact) mass is 274 g/mol. The van der Waals surface area contributed by atoms with E-state index in [1.807, 2.05) is 13.8 Å². The Morgan fingerprint density at radius 3 is 2.60 bits per heavy atom. The molecule has 0 aliphatic heterocycles. The standard InChI is InChI=1S/C11H15BrO3/c1-10-4-3-6(8(12)9(10)15)11(10,2)5-7(13)14/h6,8H,3-5H2,1-2H3,(H,13,14)/t6-,8+,10+,11-/m0/s1. The first-order valence-corrected chi connectivity index (χ1v) is 6.15. The Hall–Kier alpha value is -0.380. The van der Waals surface area contributed by atoms with Crippen LogP contribution in [0.15, 0.2) is 0 Å². The van der Waals surface area contributed by atoms with Gasteiger partial charge in [-0.2, -0.15) is 0 Å². The Kier molecular flexibility index (Phi) is 2.27. The van der Waals surface area contributed by atoms with Gasteiger partial charge in [-0.15, -0.1) is 0 Å². The molecular formula is C11H15BrO3. The first-order chi connectivity index (χ1) is 6.83. The number of fused-ring (bicyclic) bond motifs is 2. The molecule has 2 bridgehead atoms. The van der Waals surface area contributed by atoms with Gasteiger partial charge in [0.05, 0.1) is 11.2 Å². The second kappa shape index (κ2) is 3.06. The molecule has 0 aromatic carbocycles. The Morgan fingerprint density at radius 2 is 2.20 bits per heavy atom. The molecule has 15 heavy (non-hydrogen) atoms. The van der Waals surface area contributed by atoms with E-state index in [0.717, 1.165) is 12.8 Å². The summed E-state index contributed by atoms with van der Waals surface area (Å²) in [4.78, 5) is 22.8. The van der Waals surface area contributed by atoms with E-state index in [4.69, 9.17) is 5.11 Å². The number of carbonyl (C=O) groups excluding carboxylic acids is 1. The van der Waals surface area contributed by atoms with Crippen molar-refractivity contribution in [3.8, 4) is 0 Å². The SMILES string of the molecule is C[C@]1(CC(=O)O)[C@H]2CC[C@]1(C)C(=O)[C@@H]2Br. The minimum Gasteiger partial charge on any atom is -0.481 e. The van der Waals surface area contributed by atoms with E-state index >= 15 is 0 Å². The number of hydrogen-bond acceptors (Lipinski definition) is 2. The number of ketones is 1. The number of hydrogen-bond donors (Lipinski definition) is 1. The summed E-state index contributed by atoms with van der Waals surface area (Å²) in [7, 11) is 0. The van der Waals surface area contributed by atoms with Gasteiger partial charge in [0.25, 0.3) is 0 Å². The molecule has 2 saturated carbocycles. The molecule has 2 rings (SSSR count). The third-order valence-corrected chi connectivity index (χ3v) is 5.75. The van der Waals surface area contributed by atoms with Crippen LogP contribution in [0.5, 0.6) is 0 Å². The van der Waals surface area contributed by atoms with Crippen LogP contribution in [0.3, 0.4) is 0 Å². The quantitative estimate of drug-likeness (QED) is 0.786. The molecule has 4 heteroatoms. The normalized spacial score (nSPS) is 48.6. The molecule has 1 N–H and O–H groups in total. The predicted molar refractivity (Wildman–Crippen MR) is 58.9 cm³/mol. The van der Waals surface area contributed by atoms with Crippen LogP contribution < -0.4 is 0 Å². The Morgan fingerprint density at radius 1 is 1.60 bits per heavy atom. The van der Waals surface area contributed by atoms with Gasteiger partial charge >= 0.3 is 5.97 Å². The molecule has 2 aliphatic rings. The van der Waals surface area contributed by atoms with Crippen LogP contribution in [0.25, 0.3) is 0 Å². The van der Waals surface area contributed by atoms with Crippen molar-refractivity contribution in [2.45, 2.75) is 37.9 Å². The molecule has 4 atom stereocenters. The summed E-state index contributed by atoms with van der Waals surface area (Å²) >= 11 is 3.42. The Labute approximate surface area is 97.4 Å². The Bertz CT molecular complexity index is 341. The van der Waals surface area contributed by atoms with Gasteiger partial charge in [-0.3, -0.25) is 9.59 Å². The van der Waals surface area contributed by atoms with Gasteiger partial charge in [0.2, 0.25) is 0 Å². The van der Waals surface area contributed by atoms with E-state index < -0.39 is 11.4 Å². The highest BCUT2D eigenvalue weighted by Crippen LogP contribution is 2.66. The van der Waals surface area contributed by atoms with Gasteiger partial charge in [0.1, 0.15) is 0 Å². The highest BCUT2D eigenvalue weighted by atomic mass is 79.9. The second-order valence-electron chi connectivity index (χ2n) is 5.23. The van der Waals surface area contributed by atoms with Gasteiger partial charge in [0.15, 0.2) is 5.78 Å². The largest absolute Gasteiger partial charge is 0.481 e. The molecule has 0 heterocycles. The summed E-state index contributed by atoms with van der Waals surface area (Å²) in [5.41, 5.74) is -0.811. The van der Waals surface area contributed by atoms with Crippen molar-refractivity contribution in [3.63, 3.8) is 0 Å². The van der Waals surface area contributed by atoms with Gasteiger partial charge in [-0.05, 0) is 24.2 Å². The molecule has 0 radical (unpaired) electrons. The van der Waals surface area contributed by atoms with Crippen molar-refractivity contribution in [2.24, 2.45) is 16.7 Å². The molecule has 0 saturated heterocycles. The molecule has 0 aromatic heterocycles. The molecule has 0 unspecified atom stereocenters. The molecule has 0 aromatic rings. The van der Waals surface area contributed by atoms with E-state index in [2.05, 4.69) is 15.9 Å². The first kappa shape index (κ1) is 11.1. The highest BCUT2D eigenvalue weighted by Gasteiger charge is 2.68. The smallest absolute Gasteiger partial charge is 0.303 e. The van der Waals surface area contributed by atoms with Gasteiger partial charge < -0.3 is 5.11 Å². The number of carbonyl (C=O) groups is 2.